The molecule has 0 aromatic heterocycles. The van der Waals surface area contributed by atoms with E-state index in [-0.39, 0.29) is 0 Å². The minimum atomic E-state index is 0.803. The zero-order valence-corrected chi connectivity index (χ0v) is 10.4. The van der Waals surface area contributed by atoms with Crippen LogP contribution in [0.3, 0.4) is 0 Å². The second kappa shape index (κ2) is 6.84. The molecule has 0 aromatic carbocycles. The summed E-state index contributed by atoms with van der Waals surface area (Å²) in [6.45, 7) is 8.27. The van der Waals surface area contributed by atoms with Crippen LogP contribution in [-0.4, -0.2) is 13.2 Å². The third-order valence-corrected chi connectivity index (χ3v) is 2.69. The molecule has 0 aromatic rings. The first-order valence-electron chi connectivity index (χ1n) is 6.05. The third kappa shape index (κ3) is 7.38. The Labute approximate surface area is 94.2 Å². The molecular weight excluding hydrogens is 184 g/mol. The van der Waals surface area contributed by atoms with Gasteiger partial charge in [0.25, 0.3) is 0 Å². The lowest BCUT2D eigenvalue weighted by atomic mass is 10.1. The zero-order chi connectivity index (χ0) is 11.1. The summed E-state index contributed by atoms with van der Waals surface area (Å²) in [7, 11) is 0. The van der Waals surface area contributed by atoms with Crippen LogP contribution >= 0.6 is 0 Å². The Balaban J connectivity index is 2.01. The van der Waals surface area contributed by atoms with Crippen molar-refractivity contribution in [2.45, 2.75) is 46.5 Å². The summed E-state index contributed by atoms with van der Waals surface area (Å²) in [5.41, 5.74) is 2.86. The molecule has 1 heteroatoms. The summed E-state index contributed by atoms with van der Waals surface area (Å²) in [5, 5.41) is 0. The van der Waals surface area contributed by atoms with Crippen LogP contribution in [0.5, 0.6) is 0 Å². The summed E-state index contributed by atoms with van der Waals surface area (Å²) in [4.78, 5) is 0. The molecule has 1 rings (SSSR count). The van der Waals surface area contributed by atoms with Gasteiger partial charge >= 0.3 is 0 Å². The first kappa shape index (κ1) is 12.5. The molecule has 0 radical (unpaired) electrons. The van der Waals surface area contributed by atoms with Gasteiger partial charge in [-0.1, -0.05) is 23.3 Å². The van der Waals surface area contributed by atoms with E-state index in [1.165, 1.54) is 24.0 Å². The van der Waals surface area contributed by atoms with Crippen molar-refractivity contribution < 1.29 is 4.74 Å². The lowest BCUT2D eigenvalue weighted by molar-refractivity contribution is 0.151. The fourth-order valence-corrected chi connectivity index (χ4v) is 1.41. The molecule has 1 aliphatic rings. The largest absolute Gasteiger partial charge is 0.377 e. The highest BCUT2D eigenvalue weighted by Crippen LogP contribution is 2.28. The molecule has 0 aliphatic heterocycles. The van der Waals surface area contributed by atoms with Crippen LogP contribution in [0.2, 0.25) is 0 Å². The number of hydrogen-bond donors (Lipinski definition) is 0. The van der Waals surface area contributed by atoms with Crippen molar-refractivity contribution >= 4 is 0 Å². The molecular formula is C14H24O. The van der Waals surface area contributed by atoms with Gasteiger partial charge in [-0.05, 0) is 52.4 Å². The second-order valence-corrected chi connectivity index (χ2v) is 4.85. The molecule has 1 nitrogen and oxygen atoms in total. The van der Waals surface area contributed by atoms with Crippen molar-refractivity contribution in [2.75, 3.05) is 13.2 Å². The molecule has 0 amide bonds. The maximum Gasteiger partial charge on any atom is 0.0650 e. The van der Waals surface area contributed by atoms with Crippen molar-refractivity contribution in [3.8, 4) is 0 Å². The monoisotopic (exact) mass is 208 g/mol. The zero-order valence-electron chi connectivity index (χ0n) is 10.4. The van der Waals surface area contributed by atoms with Crippen LogP contribution < -0.4 is 0 Å². The fourth-order valence-electron chi connectivity index (χ4n) is 1.41. The molecule has 15 heavy (non-hydrogen) atoms. The molecule has 1 aliphatic carbocycles. The van der Waals surface area contributed by atoms with E-state index in [0.717, 1.165) is 32.0 Å². The van der Waals surface area contributed by atoms with Crippen molar-refractivity contribution in [1.82, 2.24) is 0 Å². The number of ether oxygens (including phenoxy) is 1. The number of hydrogen-bond acceptors (Lipinski definition) is 1. The second-order valence-electron chi connectivity index (χ2n) is 4.85. The van der Waals surface area contributed by atoms with Gasteiger partial charge in [0.2, 0.25) is 0 Å². The smallest absolute Gasteiger partial charge is 0.0650 e. The van der Waals surface area contributed by atoms with Crippen LogP contribution in [-0.2, 0) is 4.74 Å². The topological polar surface area (TPSA) is 9.23 Å². The van der Waals surface area contributed by atoms with Gasteiger partial charge in [0.05, 0.1) is 6.61 Å². The van der Waals surface area contributed by atoms with Gasteiger partial charge in [0.1, 0.15) is 0 Å². The molecule has 0 heterocycles. The van der Waals surface area contributed by atoms with Crippen LogP contribution in [0, 0.1) is 5.92 Å². The van der Waals surface area contributed by atoms with Crippen molar-refractivity contribution in [3.05, 3.63) is 23.3 Å². The first-order valence-corrected chi connectivity index (χ1v) is 6.05. The molecule has 0 saturated heterocycles. The lowest BCUT2D eigenvalue weighted by Crippen LogP contribution is -1.96. The maximum atomic E-state index is 5.56. The molecule has 0 spiro atoms. The summed E-state index contributed by atoms with van der Waals surface area (Å²) in [5.74, 6) is 0.879. The van der Waals surface area contributed by atoms with Gasteiger partial charge in [-0.2, -0.15) is 0 Å². The van der Waals surface area contributed by atoms with Gasteiger partial charge < -0.3 is 4.74 Å². The Kier molecular flexibility index (Phi) is 5.70. The molecule has 0 bridgehead atoms. The van der Waals surface area contributed by atoms with Crippen molar-refractivity contribution in [2.24, 2.45) is 5.92 Å². The highest BCUT2D eigenvalue weighted by molar-refractivity contribution is 5.02. The predicted octanol–water partition coefficient (Wildman–Crippen LogP) is 4.11. The van der Waals surface area contributed by atoms with Crippen LogP contribution in [0.25, 0.3) is 0 Å². The molecule has 1 fully saturated rings. The Hall–Kier alpha value is -0.560. The van der Waals surface area contributed by atoms with Gasteiger partial charge in [-0.25, -0.2) is 0 Å². The van der Waals surface area contributed by atoms with Gasteiger partial charge in [0, 0.05) is 6.61 Å². The highest BCUT2D eigenvalue weighted by Gasteiger charge is 2.20. The summed E-state index contributed by atoms with van der Waals surface area (Å²) in [6.07, 6.45) is 9.60. The summed E-state index contributed by atoms with van der Waals surface area (Å²) in [6, 6.07) is 0. The fraction of sp³-hybridized carbons (Fsp3) is 0.714. The van der Waals surface area contributed by atoms with E-state index < -0.39 is 0 Å². The normalized spacial score (nSPS) is 16.6. The quantitative estimate of drug-likeness (QED) is 0.452. The maximum absolute atomic E-state index is 5.56. The van der Waals surface area contributed by atoms with Crippen LogP contribution in [0.15, 0.2) is 23.3 Å². The van der Waals surface area contributed by atoms with E-state index in [9.17, 15) is 0 Å². The van der Waals surface area contributed by atoms with E-state index in [4.69, 9.17) is 4.74 Å². The Morgan fingerprint density at radius 1 is 1.20 bits per heavy atom. The van der Waals surface area contributed by atoms with Gasteiger partial charge in [0.15, 0.2) is 0 Å². The third-order valence-electron chi connectivity index (χ3n) is 2.69. The van der Waals surface area contributed by atoms with Crippen LogP contribution in [0.4, 0.5) is 0 Å². The lowest BCUT2D eigenvalue weighted by Gasteiger charge is -2.01. The standard InChI is InChI=1S/C14H24O/c1-12(2)5-4-6-13(3)9-10-15-11-14-7-8-14/h5,9,14H,4,6-8,10-11H2,1-3H3. The average molecular weight is 208 g/mol. The average Bonchev–Trinajstić information content (AvgIpc) is 2.95. The van der Waals surface area contributed by atoms with E-state index in [1.807, 2.05) is 0 Å². The highest BCUT2D eigenvalue weighted by atomic mass is 16.5. The molecule has 0 N–H and O–H groups in total. The molecule has 0 unspecified atom stereocenters. The Morgan fingerprint density at radius 3 is 2.53 bits per heavy atom. The van der Waals surface area contributed by atoms with Crippen LogP contribution in [0.1, 0.15) is 46.5 Å². The number of rotatable bonds is 7. The van der Waals surface area contributed by atoms with E-state index in [1.54, 1.807) is 0 Å². The molecule has 86 valence electrons. The number of allylic oxidation sites excluding steroid dienone is 3. The van der Waals surface area contributed by atoms with E-state index >= 15 is 0 Å². The first-order chi connectivity index (χ1) is 7.18. The Morgan fingerprint density at radius 2 is 1.93 bits per heavy atom. The predicted molar refractivity (Wildman–Crippen MR) is 66.0 cm³/mol. The molecule has 1 saturated carbocycles. The minimum Gasteiger partial charge on any atom is -0.377 e. The van der Waals surface area contributed by atoms with Crippen molar-refractivity contribution in [3.63, 3.8) is 0 Å². The minimum absolute atomic E-state index is 0.803. The van der Waals surface area contributed by atoms with E-state index in [0.29, 0.717) is 0 Å². The summed E-state index contributed by atoms with van der Waals surface area (Å²) < 4.78 is 5.56. The van der Waals surface area contributed by atoms with E-state index in [2.05, 4.69) is 32.9 Å². The Bertz CT molecular complexity index is 230. The SMILES string of the molecule is CC(C)=CCCC(C)=CCOCC1CC1. The van der Waals surface area contributed by atoms with Gasteiger partial charge in [-0.3, -0.25) is 0 Å². The van der Waals surface area contributed by atoms with Crippen molar-refractivity contribution in [1.29, 1.82) is 0 Å². The summed E-state index contributed by atoms with van der Waals surface area (Å²) >= 11 is 0. The molecule has 0 atom stereocenters. The van der Waals surface area contributed by atoms with Gasteiger partial charge in [-0.15, -0.1) is 0 Å².